The van der Waals surface area contributed by atoms with Gasteiger partial charge in [-0.1, -0.05) is 54.4 Å². The number of nitrogens with zero attached hydrogens (tertiary/aromatic N) is 3. The molecule has 1 saturated carbocycles. The normalized spacial score (nSPS) is 16.8. The molecule has 1 aromatic heterocycles. The van der Waals surface area contributed by atoms with E-state index < -0.39 is 0 Å². The van der Waals surface area contributed by atoms with Gasteiger partial charge in [0.25, 0.3) is 5.91 Å². The van der Waals surface area contributed by atoms with Crippen LogP contribution in [0.25, 0.3) is 0 Å². The number of benzene rings is 1. The van der Waals surface area contributed by atoms with Crippen molar-refractivity contribution in [1.82, 2.24) is 24.9 Å². The van der Waals surface area contributed by atoms with Gasteiger partial charge in [0.1, 0.15) is 10.8 Å². The van der Waals surface area contributed by atoms with Crippen molar-refractivity contribution in [3.63, 3.8) is 0 Å². The number of hydrogen-bond acceptors (Lipinski definition) is 9. The molecule has 1 saturated heterocycles. The van der Waals surface area contributed by atoms with E-state index in [1.165, 1.54) is 19.3 Å². The Morgan fingerprint density at radius 2 is 1.76 bits per heavy atom. The van der Waals surface area contributed by atoms with Crippen LogP contribution in [0, 0.1) is 0 Å². The van der Waals surface area contributed by atoms with Crippen LogP contribution in [0.5, 0.6) is 5.75 Å². The molecule has 9 nitrogen and oxygen atoms in total. The Morgan fingerprint density at radius 3 is 2.39 bits per heavy atom. The van der Waals surface area contributed by atoms with E-state index >= 15 is 0 Å². The molecule has 0 spiro atoms. The molecule has 0 atom stereocenters. The molecule has 210 valence electrons. The van der Waals surface area contributed by atoms with E-state index in [0.29, 0.717) is 44.9 Å². The number of likely N-dealkylation sites (tertiary alicyclic amines) is 1. The molecule has 0 unspecified atom stereocenters. The largest absolute Gasteiger partial charge is 0.495 e. The zero-order valence-electron chi connectivity index (χ0n) is 22.6. The van der Waals surface area contributed by atoms with E-state index in [9.17, 15) is 4.79 Å². The molecule has 2 aromatic rings. The van der Waals surface area contributed by atoms with E-state index in [-0.39, 0.29) is 11.9 Å². The zero-order valence-corrected chi connectivity index (χ0v) is 24.9. The Bertz CT molecular complexity index is 1050. The summed E-state index contributed by atoms with van der Waals surface area (Å²) in [6.45, 7) is 1.92. The minimum absolute atomic E-state index is 0.140. The minimum Gasteiger partial charge on any atom is -0.495 e. The number of aromatic nitrogens is 2. The van der Waals surface area contributed by atoms with Gasteiger partial charge in [0, 0.05) is 12.1 Å². The molecule has 0 bridgehead atoms. The lowest BCUT2D eigenvalue weighted by molar-refractivity contribution is 0.0916. The summed E-state index contributed by atoms with van der Waals surface area (Å²) >= 11 is 14.5. The topological polar surface area (TPSA) is 103 Å². The molecular formula is C26H39Cl2N7O2S. The number of carbonyl (C=O) groups is 1. The van der Waals surface area contributed by atoms with Gasteiger partial charge in [-0.2, -0.15) is 4.98 Å². The van der Waals surface area contributed by atoms with E-state index in [1.807, 2.05) is 13.3 Å². The molecule has 1 aromatic carbocycles. The molecule has 2 aliphatic rings. The number of piperidine rings is 1. The molecule has 1 aliphatic carbocycles. The predicted molar refractivity (Wildman–Crippen MR) is 159 cm³/mol. The van der Waals surface area contributed by atoms with E-state index in [4.69, 9.17) is 27.9 Å². The summed E-state index contributed by atoms with van der Waals surface area (Å²) in [6.07, 6.45) is 11.3. The van der Waals surface area contributed by atoms with Gasteiger partial charge in [-0.15, -0.1) is 0 Å². The maximum atomic E-state index is 12.9. The predicted octanol–water partition coefficient (Wildman–Crippen LogP) is 5.59. The summed E-state index contributed by atoms with van der Waals surface area (Å²) in [4.78, 5) is 24.0. The molecule has 1 aliphatic heterocycles. The third-order valence-electron chi connectivity index (χ3n) is 6.73. The average molecular weight is 585 g/mol. The van der Waals surface area contributed by atoms with Gasteiger partial charge in [-0.3, -0.25) is 9.52 Å². The fourth-order valence-electron chi connectivity index (χ4n) is 4.50. The first-order valence-corrected chi connectivity index (χ1v) is 14.9. The number of nitrogens with one attached hydrogen (secondary N) is 4. The highest BCUT2D eigenvalue weighted by Crippen LogP contribution is 2.34. The van der Waals surface area contributed by atoms with E-state index in [0.717, 1.165) is 38.8 Å². The number of methoxy groups -OCH3 is 1. The van der Waals surface area contributed by atoms with Crippen molar-refractivity contribution >= 4 is 58.5 Å². The van der Waals surface area contributed by atoms with Crippen LogP contribution < -0.4 is 25.4 Å². The number of carbonyl (C=O) groups excluding carboxylic acids is 1. The first kappa shape index (κ1) is 30.6. The Labute approximate surface area is 240 Å². The minimum atomic E-state index is -0.203. The van der Waals surface area contributed by atoms with Gasteiger partial charge >= 0.3 is 0 Å². The number of halogens is 2. The molecule has 4 N–H and O–H groups in total. The maximum absolute atomic E-state index is 12.9. The smallest absolute Gasteiger partial charge is 0.253 e. The van der Waals surface area contributed by atoms with Crippen LogP contribution in [0.2, 0.25) is 10.0 Å². The first-order chi connectivity index (χ1) is 18.3. The van der Waals surface area contributed by atoms with E-state index in [2.05, 4.69) is 42.6 Å². The van der Waals surface area contributed by atoms with Crippen LogP contribution in [0.1, 0.15) is 55.3 Å². The van der Waals surface area contributed by atoms with Gasteiger partial charge in [0.05, 0.1) is 29.6 Å². The fourth-order valence-corrected chi connectivity index (χ4v) is 4.89. The number of rotatable bonds is 8. The quantitative estimate of drug-likeness (QED) is 0.296. The molecule has 12 heteroatoms. The highest BCUT2D eigenvalue weighted by Gasteiger charge is 2.22. The second-order valence-electron chi connectivity index (χ2n) is 9.49. The van der Waals surface area contributed by atoms with Gasteiger partial charge in [-0.05, 0) is 71.3 Å². The summed E-state index contributed by atoms with van der Waals surface area (Å²) in [6, 6.07) is 3.81. The molecular weight excluding hydrogens is 545 g/mol. The summed E-state index contributed by atoms with van der Waals surface area (Å²) < 4.78 is 8.39. The van der Waals surface area contributed by atoms with E-state index in [1.54, 1.807) is 37.4 Å². The molecule has 1 amide bonds. The zero-order chi connectivity index (χ0) is 27.5. The molecule has 2 fully saturated rings. The Kier molecular flexibility index (Phi) is 12.5. The SMILES string of the molecule is CNSC.COc1cc(C(=O)NC2CCN(C)CC2)c(Cl)cc1Nc1ncc(Cl)c(NC2CCCCC2)n1. The highest BCUT2D eigenvalue weighted by molar-refractivity contribution is 7.96. The lowest BCUT2D eigenvalue weighted by Crippen LogP contribution is -2.43. The second-order valence-corrected chi connectivity index (χ2v) is 11.1. The van der Waals surface area contributed by atoms with Crippen LogP contribution in [0.4, 0.5) is 17.5 Å². The monoisotopic (exact) mass is 583 g/mol. The van der Waals surface area contributed by atoms with Crippen LogP contribution in [-0.4, -0.2) is 73.4 Å². The summed E-state index contributed by atoms with van der Waals surface area (Å²) in [7, 11) is 5.53. The summed E-state index contributed by atoms with van der Waals surface area (Å²) in [5, 5.41) is 10.5. The van der Waals surface area contributed by atoms with Gasteiger partial charge in [0.2, 0.25) is 5.95 Å². The third kappa shape index (κ3) is 9.05. The molecule has 2 heterocycles. The van der Waals surface area contributed by atoms with Gasteiger partial charge in [-0.25, -0.2) is 4.98 Å². The van der Waals surface area contributed by atoms with Crippen LogP contribution in [-0.2, 0) is 0 Å². The molecule has 0 radical (unpaired) electrons. The number of ether oxygens (including phenoxy) is 1. The fraction of sp³-hybridized carbons (Fsp3) is 0.577. The second kappa shape index (κ2) is 15.6. The van der Waals surface area contributed by atoms with Crippen molar-refractivity contribution in [1.29, 1.82) is 0 Å². The third-order valence-corrected chi connectivity index (χ3v) is 7.73. The average Bonchev–Trinajstić information content (AvgIpc) is 2.92. The Balaban J connectivity index is 0.000000934. The van der Waals surface area contributed by atoms with Crippen LogP contribution in [0.15, 0.2) is 18.3 Å². The molecule has 38 heavy (non-hydrogen) atoms. The van der Waals surface area contributed by atoms with Crippen molar-refractivity contribution in [3.8, 4) is 5.75 Å². The van der Waals surface area contributed by atoms with Crippen molar-refractivity contribution < 1.29 is 9.53 Å². The first-order valence-electron chi connectivity index (χ1n) is 13.0. The number of anilines is 3. The van der Waals surface area contributed by atoms with Crippen LogP contribution in [0.3, 0.4) is 0 Å². The van der Waals surface area contributed by atoms with Crippen molar-refractivity contribution in [3.05, 3.63) is 33.9 Å². The Hall–Kier alpha value is -1.98. The molecule has 4 rings (SSSR count). The lowest BCUT2D eigenvalue weighted by atomic mass is 9.95. The van der Waals surface area contributed by atoms with Gasteiger partial charge < -0.3 is 25.6 Å². The van der Waals surface area contributed by atoms with Crippen LogP contribution >= 0.6 is 35.1 Å². The highest BCUT2D eigenvalue weighted by atomic mass is 35.5. The van der Waals surface area contributed by atoms with Gasteiger partial charge in [0.15, 0.2) is 5.82 Å². The Morgan fingerprint density at radius 1 is 1.08 bits per heavy atom. The van der Waals surface area contributed by atoms with Crippen molar-refractivity contribution in [2.75, 3.05) is 51.2 Å². The standard InChI is InChI=1S/C24H32Cl2N6O2.C2H7NS/c1-32-10-8-16(9-11-32)29-23(33)17-12-21(34-2)20(13-18(17)25)30-24-27-14-19(26)22(31-24)28-15-6-4-3-5-7-15;1-3-4-2/h12-16H,3-11H2,1-2H3,(H,29,33)(H2,27,28,30,31);3H,1-2H3. The number of amides is 1. The summed E-state index contributed by atoms with van der Waals surface area (Å²) in [5.41, 5.74) is 0.939. The summed E-state index contributed by atoms with van der Waals surface area (Å²) in [5.74, 6) is 1.23. The van der Waals surface area contributed by atoms with Crippen molar-refractivity contribution in [2.45, 2.75) is 57.0 Å². The maximum Gasteiger partial charge on any atom is 0.253 e. The number of hydrogen-bond donors (Lipinski definition) is 4. The van der Waals surface area contributed by atoms with Crippen molar-refractivity contribution in [2.24, 2.45) is 0 Å². The lowest BCUT2D eigenvalue weighted by Gasteiger charge is -2.29.